The predicted molar refractivity (Wildman–Crippen MR) is 94.8 cm³/mol. The van der Waals surface area contributed by atoms with Gasteiger partial charge in [0.05, 0.1) is 11.7 Å². The van der Waals surface area contributed by atoms with E-state index in [1.165, 1.54) is 0 Å². The van der Waals surface area contributed by atoms with Crippen LogP contribution in [0.1, 0.15) is 24.2 Å². The SMILES string of the molecule is CC(C)Oc1ccccc1C(=O)NNC(=O)COc1ccc(Cl)cc1. The fraction of sp³-hybridized carbons (Fsp3) is 0.222. The standard InChI is InChI=1S/C18H19ClN2O4/c1-12(2)25-16-6-4-3-5-15(16)18(23)21-20-17(22)11-24-14-9-7-13(19)8-10-14/h3-10,12H,11H2,1-2H3,(H,20,22)(H,21,23). The van der Waals surface area contributed by atoms with Gasteiger partial charge in [0.1, 0.15) is 11.5 Å². The van der Waals surface area contributed by atoms with Crippen LogP contribution in [0.4, 0.5) is 0 Å². The summed E-state index contributed by atoms with van der Waals surface area (Å²) in [4.78, 5) is 24.0. The molecule has 2 amide bonds. The molecule has 132 valence electrons. The first kappa shape index (κ1) is 18.6. The monoisotopic (exact) mass is 362 g/mol. The molecule has 2 N–H and O–H groups in total. The Hall–Kier alpha value is -2.73. The van der Waals surface area contributed by atoms with E-state index in [4.69, 9.17) is 21.1 Å². The number of hydrogen-bond donors (Lipinski definition) is 2. The summed E-state index contributed by atoms with van der Waals surface area (Å²) in [6.45, 7) is 3.49. The topological polar surface area (TPSA) is 76.7 Å². The molecule has 0 unspecified atom stereocenters. The van der Waals surface area contributed by atoms with E-state index in [-0.39, 0.29) is 12.7 Å². The average molecular weight is 363 g/mol. The van der Waals surface area contributed by atoms with Crippen LogP contribution in [0.25, 0.3) is 0 Å². The smallest absolute Gasteiger partial charge is 0.276 e. The molecule has 0 aliphatic carbocycles. The summed E-state index contributed by atoms with van der Waals surface area (Å²) in [5.41, 5.74) is 4.96. The van der Waals surface area contributed by atoms with Gasteiger partial charge >= 0.3 is 0 Å². The molecule has 0 bridgehead atoms. The van der Waals surface area contributed by atoms with E-state index >= 15 is 0 Å². The molecule has 2 rings (SSSR count). The fourth-order valence-corrected chi connectivity index (χ4v) is 2.05. The molecule has 0 heterocycles. The van der Waals surface area contributed by atoms with Crippen molar-refractivity contribution in [3.63, 3.8) is 0 Å². The van der Waals surface area contributed by atoms with Gasteiger partial charge in [0.15, 0.2) is 6.61 Å². The van der Waals surface area contributed by atoms with Crippen LogP contribution in [0.3, 0.4) is 0 Å². The summed E-state index contributed by atoms with van der Waals surface area (Å²) in [7, 11) is 0. The molecule has 0 saturated heterocycles. The van der Waals surface area contributed by atoms with Crippen molar-refractivity contribution in [2.24, 2.45) is 0 Å². The van der Waals surface area contributed by atoms with Crippen molar-refractivity contribution in [1.29, 1.82) is 0 Å². The second kappa shape index (κ2) is 8.94. The largest absolute Gasteiger partial charge is 0.490 e. The lowest BCUT2D eigenvalue weighted by molar-refractivity contribution is -0.123. The van der Waals surface area contributed by atoms with Gasteiger partial charge in [0.2, 0.25) is 0 Å². The first-order chi connectivity index (χ1) is 12.0. The van der Waals surface area contributed by atoms with Crippen molar-refractivity contribution in [3.8, 4) is 11.5 Å². The summed E-state index contributed by atoms with van der Waals surface area (Å²) < 4.78 is 10.9. The van der Waals surface area contributed by atoms with E-state index in [1.54, 1.807) is 48.5 Å². The Bertz CT molecular complexity index is 732. The molecule has 0 aliphatic rings. The normalized spacial score (nSPS) is 10.2. The van der Waals surface area contributed by atoms with Crippen LogP contribution < -0.4 is 20.3 Å². The lowest BCUT2D eigenvalue weighted by atomic mass is 10.2. The maximum atomic E-state index is 12.2. The van der Waals surface area contributed by atoms with E-state index in [0.29, 0.717) is 22.1 Å². The molecule has 0 atom stereocenters. The highest BCUT2D eigenvalue weighted by Gasteiger charge is 2.14. The van der Waals surface area contributed by atoms with Crippen LogP contribution >= 0.6 is 11.6 Å². The highest BCUT2D eigenvalue weighted by molar-refractivity contribution is 6.30. The minimum Gasteiger partial charge on any atom is -0.490 e. The Morgan fingerprint density at radius 1 is 1.04 bits per heavy atom. The Labute approximate surface area is 151 Å². The fourth-order valence-electron chi connectivity index (χ4n) is 1.92. The minimum absolute atomic E-state index is 0.0729. The Balaban J connectivity index is 1.85. The number of halogens is 1. The van der Waals surface area contributed by atoms with Gasteiger partial charge in [-0.15, -0.1) is 0 Å². The zero-order valence-electron chi connectivity index (χ0n) is 13.9. The number of hydrogen-bond acceptors (Lipinski definition) is 4. The van der Waals surface area contributed by atoms with Crippen molar-refractivity contribution in [2.75, 3.05) is 6.61 Å². The molecule has 6 nitrogen and oxygen atoms in total. The van der Waals surface area contributed by atoms with E-state index in [9.17, 15) is 9.59 Å². The first-order valence-corrected chi connectivity index (χ1v) is 8.06. The molecule has 0 aliphatic heterocycles. The van der Waals surface area contributed by atoms with Gasteiger partial charge in [-0.05, 0) is 50.2 Å². The third kappa shape index (κ3) is 6.00. The van der Waals surface area contributed by atoms with Crippen LogP contribution in [0.5, 0.6) is 11.5 Å². The molecule has 0 saturated carbocycles. The molecular formula is C18H19ClN2O4. The van der Waals surface area contributed by atoms with Crippen molar-refractivity contribution < 1.29 is 19.1 Å². The van der Waals surface area contributed by atoms with Crippen molar-refractivity contribution in [2.45, 2.75) is 20.0 Å². The van der Waals surface area contributed by atoms with Crippen LogP contribution in [0, 0.1) is 0 Å². The molecule has 2 aromatic rings. The third-order valence-corrected chi connectivity index (χ3v) is 3.25. The van der Waals surface area contributed by atoms with Gasteiger partial charge < -0.3 is 9.47 Å². The van der Waals surface area contributed by atoms with Gasteiger partial charge in [0.25, 0.3) is 11.8 Å². The number of amides is 2. The number of benzene rings is 2. The van der Waals surface area contributed by atoms with Crippen molar-refractivity contribution in [1.82, 2.24) is 10.9 Å². The Morgan fingerprint density at radius 3 is 2.40 bits per heavy atom. The number of hydrazine groups is 1. The zero-order chi connectivity index (χ0) is 18.2. The molecule has 25 heavy (non-hydrogen) atoms. The zero-order valence-corrected chi connectivity index (χ0v) is 14.7. The molecular weight excluding hydrogens is 344 g/mol. The van der Waals surface area contributed by atoms with Gasteiger partial charge in [-0.1, -0.05) is 23.7 Å². The Kier molecular flexibility index (Phi) is 6.65. The summed E-state index contributed by atoms with van der Waals surface area (Å²) >= 11 is 5.77. The van der Waals surface area contributed by atoms with Crippen molar-refractivity contribution in [3.05, 3.63) is 59.1 Å². The molecule has 0 aromatic heterocycles. The average Bonchev–Trinajstić information content (AvgIpc) is 2.59. The van der Waals surface area contributed by atoms with Gasteiger partial charge in [0, 0.05) is 5.02 Å². The number of para-hydroxylation sites is 1. The van der Waals surface area contributed by atoms with Crippen LogP contribution in [-0.4, -0.2) is 24.5 Å². The molecule has 2 aromatic carbocycles. The lowest BCUT2D eigenvalue weighted by Crippen LogP contribution is -2.44. The first-order valence-electron chi connectivity index (χ1n) is 7.69. The van der Waals surface area contributed by atoms with E-state index in [2.05, 4.69) is 10.9 Å². The van der Waals surface area contributed by atoms with Crippen LogP contribution in [-0.2, 0) is 4.79 Å². The van der Waals surface area contributed by atoms with Gasteiger partial charge in [-0.25, -0.2) is 0 Å². The molecule has 0 spiro atoms. The Morgan fingerprint density at radius 2 is 1.72 bits per heavy atom. The van der Waals surface area contributed by atoms with Crippen LogP contribution in [0.2, 0.25) is 5.02 Å². The number of nitrogens with one attached hydrogen (secondary N) is 2. The molecule has 7 heteroatoms. The molecule has 0 fully saturated rings. The number of carbonyl (C=O) groups excluding carboxylic acids is 2. The maximum absolute atomic E-state index is 12.2. The predicted octanol–water partition coefficient (Wildman–Crippen LogP) is 2.97. The summed E-state index contributed by atoms with van der Waals surface area (Å²) in [6, 6.07) is 13.4. The van der Waals surface area contributed by atoms with Gasteiger partial charge in [-0.3, -0.25) is 20.4 Å². The van der Waals surface area contributed by atoms with E-state index in [0.717, 1.165) is 0 Å². The summed E-state index contributed by atoms with van der Waals surface area (Å²) in [6.07, 6.45) is -0.0729. The minimum atomic E-state index is -0.495. The lowest BCUT2D eigenvalue weighted by Gasteiger charge is -2.14. The highest BCUT2D eigenvalue weighted by Crippen LogP contribution is 2.19. The number of rotatable bonds is 6. The van der Waals surface area contributed by atoms with Gasteiger partial charge in [-0.2, -0.15) is 0 Å². The van der Waals surface area contributed by atoms with Crippen molar-refractivity contribution >= 4 is 23.4 Å². The second-order valence-electron chi connectivity index (χ2n) is 5.41. The molecule has 0 radical (unpaired) electrons. The summed E-state index contributed by atoms with van der Waals surface area (Å²) in [5, 5.41) is 0.575. The summed E-state index contributed by atoms with van der Waals surface area (Å²) in [5.74, 6) is -0.0233. The quantitative estimate of drug-likeness (QED) is 0.774. The number of carbonyl (C=O) groups is 2. The maximum Gasteiger partial charge on any atom is 0.276 e. The van der Waals surface area contributed by atoms with Crippen LogP contribution in [0.15, 0.2) is 48.5 Å². The van der Waals surface area contributed by atoms with E-state index < -0.39 is 11.8 Å². The second-order valence-corrected chi connectivity index (χ2v) is 5.84. The third-order valence-electron chi connectivity index (χ3n) is 2.99. The van der Waals surface area contributed by atoms with E-state index in [1.807, 2.05) is 13.8 Å². The highest BCUT2D eigenvalue weighted by atomic mass is 35.5. The number of ether oxygens (including phenoxy) is 2.